The quantitative estimate of drug-likeness (QED) is 0.335. The summed E-state index contributed by atoms with van der Waals surface area (Å²) < 4.78 is 12.7. The zero-order chi connectivity index (χ0) is 25.8. The van der Waals surface area contributed by atoms with E-state index in [4.69, 9.17) is 26.2 Å². The van der Waals surface area contributed by atoms with Crippen LogP contribution in [0.1, 0.15) is 30.9 Å². The van der Waals surface area contributed by atoms with E-state index < -0.39 is 0 Å². The van der Waals surface area contributed by atoms with Crippen LogP contribution in [0.4, 0.5) is 10.6 Å². The summed E-state index contributed by atoms with van der Waals surface area (Å²) in [6, 6.07) is 19.4. The molecule has 1 aliphatic rings. The number of anilines is 1. The SMILES string of the molecule is COc1ccc(Cn2nc(N[C@@H]3CC[C@H](C)N(C(=O)OCc4ccccc4)C3)c3c(Cl)ccnc32)cc1. The van der Waals surface area contributed by atoms with E-state index in [9.17, 15) is 4.79 Å². The lowest BCUT2D eigenvalue weighted by atomic mass is 10.00. The minimum atomic E-state index is -0.308. The second kappa shape index (κ2) is 11.1. The van der Waals surface area contributed by atoms with E-state index >= 15 is 0 Å². The molecule has 1 aliphatic heterocycles. The van der Waals surface area contributed by atoms with Gasteiger partial charge in [0.2, 0.25) is 0 Å². The highest BCUT2D eigenvalue weighted by molar-refractivity contribution is 6.36. The number of piperidine rings is 1. The first-order valence-corrected chi connectivity index (χ1v) is 12.8. The molecule has 192 valence electrons. The number of carbonyl (C=O) groups excluding carboxylic acids is 1. The number of carbonyl (C=O) groups is 1. The lowest BCUT2D eigenvalue weighted by Gasteiger charge is -2.37. The topological polar surface area (TPSA) is 81.5 Å². The van der Waals surface area contributed by atoms with Crippen molar-refractivity contribution >= 4 is 34.5 Å². The molecule has 2 aromatic carbocycles. The second-order valence-corrected chi connectivity index (χ2v) is 9.71. The maximum absolute atomic E-state index is 12.9. The van der Waals surface area contributed by atoms with E-state index in [-0.39, 0.29) is 24.8 Å². The van der Waals surface area contributed by atoms with Gasteiger partial charge in [0.15, 0.2) is 11.5 Å². The van der Waals surface area contributed by atoms with Gasteiger partial charge >= 0.3 is 6.09 Å². The van der Waals surface area contributed by atoms with Gasteiger partial charge in [0.25, 0.3) is 0 Å². The minimum Gasteiger partial charge on any atom is -0.497 e. The first kappa shape index (κ1) is 24.9. The molecule has 1 amide bonds. The number of fused-ring (bicyclic) bond motifs is 1. The van der Waals surface area contributed by atoms with E-state index in [2.05, 4.69) is 17.2 Å². The largest absolute Gasteiger partial charge is 0.497 e. The molecule has 9 heteroatoms. The van der Waals surface area contributed by atoms with Crippen molar-refractivity contribution in [2.24, 2.45) is 0 Å². The van der Waals surface area contributed by atoms with Gasteiger partial charge in [0.1, 0.15) is 12.4 Å². The first-order valence-electron chi connectivity index (χ1n) is 12.4. The predicted octanol–water partition coefficient (Wildman–Crippen LogP) is 5.74. The normalized spacial score (nSPS) is 17.5. The number of hydrogen-bond donors (Lipinski definition) is 1. The number of methoxy groups -OCH3 is 1. The van der Waals surface area contributed by atoms with Gasteiger partial charge in [0, 0.05) is 24.8 Å². The van der Waals surface area contributed by atoms with Crippen LogP contribution in [0.15, 0.2) is 66.9 Å². The molecule has 2 atom stereocenters. The van der Waals surface area contributed by atoms with Gasteiger partial charge in [-0.2, -0.15) is 5.10 Å². The molecule has 0 bridgehead atoms. The monoisotopic (exact) mass is 519 g/mol. The van der Waals surface area contributed by atoms with Crippen molar-refractivity contribution < 1.29 is 14.3 Å². The van der Waals surface area contributed by atoms with Crippen LogP contribution in [0, 0.1) is 0 Å². The van der Waals surface area contributed by atoms with E-state index in [1.165, 1.54) is 0 Å². The van der Waals surface area contributed by atoms with Gasteiger partial charge in [-0.3, -0.25) is 0 Å². The average Bonchev–Trinajstić information content (AvgIpc) is 3.27. The van der Waals surface area contributed by atoms with Crippen molar-refractivity contribution in [3.05, 3.63) is 83.0 Å². The molecule has 3 heterocycles. The van der Waals surface area contributed by atoms with Crippen LogP contribution >= 0.6 is 11.6 Å². The molecule has 0 spiro atoms. The van der Waals surface area contributed by atoms with Gasteiger partial charge in [-0.25, -0.2) is 14.5 Å². The van der Waals surface area contributed by atoms with Crippen LogP contribution in [0.3, 0.4) is 0 Å². The Bertz CT molecular complexity index is 1360. The molecular weight excluding hydrogens is 490 g/mol. The summed E-state index contributed by atoms with van der Waals surface area (Å²) in [5.74, 6) is 1.47. The van der Waals surface area contributed by atoms with Crippen LogP contribution in [0.5, 0.6) is 5.75 Å². The maximum Gasteiger partial charge on any atom is 0.410 e. The van der Waals surface area contributed by atoms with E-state index in [1.54, 1.807) is 24.3 Å². The van der Waals surface area contributed by atoms with Crippen molar-refractivity contribution in [2.75, 3.05) is 19.0 Å². The molecule has 0 radical (unpaired) electrons. The fourth-order valence-electron chi connectivity index (χ4n) is 4.65. The Morgan fingerprint density at radius 1 is 1.08 bits per heavy atom. The number of likely N-dealkylation sites (tertiary alicyclic amines) is 1. The van der Waals surface area contributed by atoms with E-state index in [0.717, 1.165) is 35.1 Å². The maximum atomic E-state index is 12.9. The number of rotatable bonds is 7. The van der Waals surface area contributed by atoms with Crippen LogP contribution in [-0.4, -0.2) is 51.5 Å². The number of aromatic nitrogens is 3. The molecule has 0 saturated carbocycles. The fraction of sp³-hybridized carbons (Fsp3) is 0.321. The van der Waals surface area contributed by atoms with Gasteiger partial charge in [-0.05, 0) is 49.1 Å². The summed E-state index contributed by atoms with van der Waals surface area (Å²) in [7, 11) is 1.65. The van der Waals surface area contributed by atoms with Crippen LogP contribution in [0.2, 0.25) is 5.02 Å². The number of nitrogens with zero attached hydrogens (tertiary/aromatic N) is 4. The highest BCUT2D eigenvalue weighted by Gasteiger charge is 2.31. The Balaban J connectivity index is 1.32. The number of amides is 1. The average molecular weight is 520 g/mol. The molecule has 0 unspecified atom stereocenters. The van der Waals surface area contributed by atoms with Crippen LogP contribution in [-0.2, 0) is 17.9 Å². The first-order chi connectivity index (χ1) is 18.0. The molecule has 2 aromatic heterocycles. The molecule has 37 heavy (non-hydrogen) atoms. The van der Waals surface area contributed by atoms with Crippen LogP contribution in [0.25, 0.3) is 11.0 Å². The Morgan fingerprint density at radius 2 is 1.86 bits per heavy atom. The highest BCUT2D eigenvalue weighted by atomic mass is 35.5. The molecule has 8 nitrogen and oxygen atoms in total. The summed E-state index contributed by atoms with van der Waals surface area (Å²) in [6.07, 6.45) is 3.13. The van der Waals surface area contributed by atoms with E-state index in [1.807, 2.05) is 59.3 Å². The lowest BCUT2D eigenvalue weighted by molar-refractivity contribution is 0.0696. The minimum absolute atomic E-state index is 0.00397. The number of halogens is 1. The third-order valence-corrected chi connectivity index (χ3v) is 7.05. The van der Waals surface area contributed by atoms with Crippen LogP contribution < -0.4 is 10.1 Å². The molecule has 5 rings (SSSR count). The van der Waals surface area contributed by atoms with Crippen molar-refractivity contribution in [2.45, 2.75) is 45.0 Å². The molecule has 1 N–H and O–H groups in total. The molecule has 1 fully saturated rings. The zero-order valence-corrected chi connectivity index (χ0v) is 21.7. The summed E-state index contributed by atoms with van der Waals surface area (Å²) in [4.78, 5) is 19.3. The number of hydrogen-bond acceptors (Lipinski definition) is 6. The third-order valence-electron chi connectivity index (χ3n) is 6.74. The number of nitrogens with one attached hydrogen (secondary N) is 1. The fourth-order valence-corrected chi connectivity index (χ4v) is 4.88. The number of ether oxygens (including phenoxy) is 2. The van der Waals surface area contributed by atoms with Crippen molar-refractivity contribution in [1.29, 1.82) is 0 Å². The molecule has 0 aliphatic carbocycles. The van der Waals surface area contributed by atoms with Gasteiger partial charge in [0.05, 0.1) is 24.1 Å². The summed E-state index contributed by atoms with van der Waals surface area (Å²) in [5, 5.41) is 9.74. The molecule has 4 aromatic rings. The lowest BCUT2D eigenvalue weighted by Crippen LogP contribution is -2.49. The van der Waals surface area contributed by atoms with Gasteiger partial charge in [-0.1, -0.05) is 54.1 Å². The van der Waals surface area contributed by atoms with Crippen molar-refractivity contribution in [3.8, 4) is 5.75 Å². The summed E-state index contributed by atoms with van der Waals surface area (Å²) in [5.41, 5.74) is 2.73. The van der Waals surface area contributed by atoms with Crippen molar-refractivity contribution in [1.82, 2.24) is 19.7 Å². The Kier molecular flexibility index (Phi) is 7.46. The summed E-state index contributed by atoms with van der Waals surface area (Å²) >= 11 is 6.60. The van der Waals surface area contributed by atoms with Gasteiger partial charge < -0.3 is 19.7 Å². The third kappa shape index (κ3) is 5.64. The Labute approximate surface area is 221 Å². The predicted molar refractivity (Wildman–Crippen MR) is 144 cm³/mol. The standard InChI is InChI=1S/C28H30ClN5O3/c1-19-8-11-22(17-33(19)28(35)37-18-21-6-4-3-5-7-21)31-26-25-24(29)14-15-30-27(25)34(32-26)16-20-9-12-23(36-2)13-10-20/h3-7,9-10,12-15,19,22H,8,11,16-18H2,1-2H3,(H,31,32)/t19-,22+/m0/s1. The second-order valence-electron chi connectivity index (χ2n) is 9.31. The Morgan fingerprint density at radius 3 is 2.62 bits per heavy atom. The smallest absolute Gasteiger partial charge is 0.410 e. The number of pyridine rings is 1. The summed E-state index contributed by atoms with van der Waals surface area (Å²) in [6.45, 7) is 3.36. The van der Waals surface area contributed by atoms with Gasteiger partial charge in [-0.15, -0.1) is 0 Å². The molecule has 1 saturated heterocycles. The van der Waals surface area contributed by atoms with E-state index in [0.29, 0.717) is 29.6 Å². The highest BCUT2D eigenvalue weighted by Crippen LogP contribution is 2.31. The number of benzene rings is 2. The Hall–Kier alpha value is -3.78. The molecular formula is C28H30ClN5O3. The zero-order valence-electron chi connectivity index (χ0n) is 20.9. The van der Waals surface area contributed by atoms with Crippen molar-refractivity contribution in [3.63, 3.8) is 0 Å².